The SMILES string of the molecule is O=C1CC2C=C[C@H](O2)C1N1C(=O)OC[C@H]1c1ccccc1. The van der Waals surface area contributed by atoms with E-state index in [0.29, 0.717) is 6.42 Å². The van der Waals surface area contributed by atoms with Crippen LogP contribution in [0.5, 0.6) is 0 Å². The molecule has 0 aromatic heterocycles. The third-order valence-corrected chi connectivity index (χ3v) is 4.29. The van der Waals surface area contributed by atoms with Gasteiger partial charge in [-0.25, -0.2) is 4.79 Å². The van der Waals surface area contributed by atoms with E-state index in [2.05, 4.69) is 0 Å². The average molecular weight is 285 g/mol. The Kier molecular flexibility index (Phi) is 2.82. The lowest BCUT2D eigenvalue weighted by atomic mass is 9.97. The average Bonchev–Trinajstić information content (AvgIpc) is 3.06. The Bertz CT molecular complexity index is 612. The lowest BCUT2D eigenvalue weighted by Gasteiger charge is -2.36. The highest BCUT2D eigenvalue weighted by molar-refractivity contribution is 5.90. The number of amides is 1. The fraction of sp³-hybridized carbons (Fsp3) is 0.375. The summed E-state index contributed by atoms with van der Waals surface area (Å²) < 4.78 is 10.9. The van der Waals surface area contributed by atoms with E-state index in [1.165, 1.54) is 0 Å². The van der Waals surface area contributed by atoms with Crippen LogP contribution in [0.3, 0.4) is 0 Å². The van der Waals surface area contributed by atoms with Crippen LogP contribution in [-0.2, 0) is 14.3 Å². The van der Waals surface area contributed by atoms with Crippen molar-refractivity contribution in [3.8, 4) is 0 Å². The topological polar surface area (TPSA) is 55.8 Å². The van der Waals surface area contributed by atoms with Crippen LogP contribution in [0, 0.1) is 0 Å². The Morgan fingerprint density at radius 1 is 1.10 bits per heavy atom. The Balaban J connectivity index is 1.69. The van der Waals surface area contributed by atoms with Crippen LogP contribution in [0.25, 0.3) is 0 Å². The van der Waals surface area contributed by atoms with Gasteiger partial charge < -0.3 is 9.47 Å². The van der Waals surface area contributed by atoms with Gasteiger partial charge in [0, 0.05) is 6.42 Å². The number of rotatable bonds is 2. The van der Waals surface area contributed by atoms with E-state index in [9.17, 15) is 9.59 Å². The standard InChI is InChI=1S/C16H15NO4/c18-13-8-11-6-7-14(21-11)15(13)17-12(9-20-16(17)19)10-4-2-1-3-5-10/h1-7,11-12,14-15H,8-9H2/t11?,12-,14-,15?/m0/s1. The number of hydrogen-bond acceptors (Lipinski definition) is 4. The fourth-order valence-corrected chi connectivity index (χ4v) is 3.31. The van der Waals surface area contributed by atoms with Crippen LogP contribution < -0.4 is 0 Å². The minimum atomic E-state index is -0.583. The number of carbonyl (C=O) groups excluding carboxylic acids is 2. The number of carbonyl (C=O) groups is 2. The lowest BCUT2D eigenvalue weighted by molar-refractivity contribution is -0.137. The molecule has 0 N–H and O–H groups in total. The highest BCUT2D eigenvalue weighted by atomic mass is 16.6. The van der Waals surface area contributed by atoms with Gasteiger partial charge >= 0.3 is 6.09 Å². The maximum absolute atomic E-state index is 12.4. The molecule has 2 unspecified atom stereocenters. The molecule has 0 radical (unpaired) electrons. The largest absolute Gasteiger partial charge is 0.447 e. The van der Waals surface area contributed by atoms with Gasteiger partial charge in [-0.15, -0.1) is 0 Å². The highest BCUT2D eigenvalue weighted by Gasteiger charge is 2.49. The van der Waals surface area contributed by atoms with Gasteiger partial charge in [0.1, 0.15) is 18.8 Å². The van der Waals surface area contributed by atoms with E-state index in [-0.39, 0.29) is 30.6 Å². The zero-order valence-electron chi connectivity index (χ0n) is 11.3. The molecular formula is C16H15NO4. The third-order valence-electron chi connectivity index (χ3n) is 4.29. The monoisotopic (exact) mass is 285 g/mol. The van der Waals surface area contributed by atoms with Gasteiger partial charge in [0.25, 0.3) is 0 Å². The molecule has 4 atom stereocenters. The first kappa shape index (κ1) is 12.6. The molecule has 1 aromatic rings. The number of fused-ring (bicyclic) bond motifs is 2. The smallest absolute Gasteiger partial charge is 0.411 e. The molecule has 0 saturated carbocycles. The Labute approximate surface area is 122 Å². The second-order valence-electron chi connectivity index (χ2n) is 5.55. The summed E-state index contributed by atoms with van der Waals surface area (Å²) >= 11 is 0. The predicted molar refractivity (Wildman–Crippen MR) is 73.6 cm³/mol. The number of ether oxygens (including phenoxy) is 2. The zero-order chi connectivity index (χ0) is 14.4. The van der Waals surface area contributed by atoms with Crippen molar-refractivity contribution >= 4 is 11.9 Å². The highest BCUT2D eigenvalue weighted by Crippen LogP contribution is 2.36. The molecule has 0 aliphatic carbocycles. The van der Waals surface area contributed by atoms with Crippen molar-refractivity contribution in [2.75, 3.05) is 6.61 Å². The molecule has 5 nitrogen and oxygen atoms in total. The first-order valence-corrected chi connectivity index (χ1v) is 7.10. The predicted octanol–water partition coefficient (Wildman–Crippen LogP) is 1.84. The van der Waals surface area contributed by atoms with Gasteiger partial charge in [0.2, 0.25) is 0 Å². The summed E-state index contributed by atoms with van der Waals surface area (Å²) in [6.07, 6.45) is 3.18. The van der Waals surface area contributed by atoms with Gasteiger partial charge in [0.15, 0.2) is 5.78 Å². The molecule has 21 heavy (non-hydrogen) atoms. The second kappa shape index (κ2) is 4.70. The molecule has 3 aliphatic rings. The van der Waals surface area contributed by atoms with Crippen molar-refractivity contribution in [2.24, 2.45) is 0 Å². The number of nitrogens with zero attached hydrogens (tertiary/aromatic N) is 1. The summed E-state index contributed by atoms with van der Waals surface area (Å²) in [6, 6.07) is 8.83. The Morgan fingerprint density at radius 3 is 2.71 bits per heavy atom. The van der Waals surface area contributed by atoms with Crippen molar-refractivity contribution < 1.29 is 19.1 Å². The van der Waals surface area contributed by atoms with E-state index in [1.54, 1.807) is 4.90 Å². The van der Waals surface area contributed by atoms with Crippen molar-refractivity contribution in [1.82, 2.24) is 4.90 Å². The number of cyclic esters (lactones) is 1. The summed E-state index contributed by atoms with van der Waals surface area (Å²) in [7, 11) is 0. The maximum Gasteiger partial charge on any atom is 0.411 e. The molecule has 3 aliphatic heterocycles. The first-order valence-electron chi connectivity index (χ1n) is 7.10. The van der Waals surface area contributed by atoms with Crippen LogP contribution in [0.1, 0.15) is 18.0 Å². The molecule has 0 spiro atoms. The molecule has 2 bridgehead atoms. The Hall–Kier alpha value is -2.14. The third kappa shape index (κ3) is 1.96. The second-order valence-corrected chi connectivity index (χ2v) is 5.55. The Morgan fingerprint density at radius 2 is 1.90 bits per heavy atom. The fourth-order valence-electron chi connectivity index (χ4n) is 3.31. The van der Waals surface area contributed by atoms with Gasteiger partial charge in [-0.05, 0) is 5.56 Å². The molecule has 1 amide bonds. The zero-order valence-corrected chi connectivity index (χ0v) is 11.3. The number of benzene rings is 1. The minimum absolute atomic E-state index is 0.0426. The van der Waals surface area contributed by atoms with Crippen molar-refractivity contribution in [3.63, 3.8) is 0 Å². The lowest BCUT2D eigenvalue weighted by Crippen LogP contribution is -2.53. The first-order chi connectivity index (χ1) is 10.2. The van der Waals surface area contributed by atoms with E-state index in [4.69, 9.17) is 9.47 Å². The van der Waals surface area contributed by atoms with E-state index < -0.39 is 12.1 Å². The molecular weight excluding hydrogens is 270 g/mol. The molecule has 2 fully saturated rings. The molecule has 3 heterocycles. The molecule has 1 aromatic carbocycles. The van der Waals surface area contributed by atoms with E-state index in [0.717, 1.165) is 5.56 Å². The number of hydrogen-bond donors (Lipinski definition) is 0. The van der Waals surface area contributed by atoms with Crippen LogP contribution in [0.15, 0.2) is 42.5 Å². The number of ketones is 1. The van der Waals surface area contributed by atoms with Gasteiger partial charge in [-0.3, -0.25) is 9.69 Å². The normalized spacial score (nSPS) is 34.4. The van der Waals surface area contributed by atoms with E-state index >= 15 is 0 Å². The summed E-state index contributed by atoms with van der Waals surface area (Å²) in [6.45, 7) is 0.270. The molecule has 4 rings (SSSR count). The van der Waals surface area contributed by atoms with Crippen LogP contribution in [0.4, 0.5) is 4.79 Å². The number of Topliss-reactive ketones (excluding diaryl/α,β-unsaturated/α-hetero) is 1. The minimum Gasteiger partial charge on any atom is -0.447 e. The van der Waals surface area contributed by atoms with Gasteiger partial charge in [-0.2, -0.15) is 0 Å². The summed E-state index contributed by atoms with van der Waals surface area (Å²) in [5.74, 6) is 0.0426. The molecule has 108 valence electrons. The molecule has 5 heteroatoms. The molecule has 2 saturated heterocycles. The van der Waals surface area contributed by atoms with E-state index in [1.807, 2.05) is 42.5 Å². The van der Waals surface area contributed by atoms with Crippen LogP contribution in [-0.4, -0.2) is 41.6 Å². The van der Waals surface area contributed by atoms with Crippen molar-refractivity contribution in [1.29, 1.82) is 0 Å². The van der Waals surface area contributed by atoms with Crippen LogP contribution in [0.2, 0.25) is 0 Å². The summed E-state index contributed by atoms with van der Waals surface area (Å²) in [4.78, 5) is 26.1. The van der Waals surface area contributed by atoms with Crippen molar-refractivity contribution in [2.45, 2.75) is 30.7 Å². The summed E-state index contributed by atoms with van der Waals surface area (Å²) in [5.41, 5.74) is 0.972. The van der Waals surface area contributed by atoms with Gasteiger partial charge in [-0.1, -0.05) is 42.5 Å². The van der Waals surface area contributed by atoms with Crippen molar-refractivity contribution in [3.05, 3.63) is 48.0 Å². The van der Waals surface area contributed by atoms with Gasteiger partial charge in [0.05, 0.1) is 12.1 Å². The summed E-state index contributed by atoms with van der Waals surface area (Å²) in [5, 5.41) is 0. The van der Waals surface area contributed by atoms with Crippen LogP contribution >= 0.6 is 0 Å². The maximum atomic E-state index is 12.4. The quantitative estimate of drug-likeness (QED) is 0.778.